The molecule has 1 heterocycles. The molecule has 1 aromatic carbocycles. The number of nitrogens with one attached hydrogen (secondary N) is 2. The number of ether oxygens (including phenoxy) is 1. The molecule has 0 spiro atoms. The molecule has 0 unspecified atom stereocenters. The normalized spacial score (nSPS) is 9.95. The first-order valence-electron chi connectivity index (χ1n) is 5.78. The van der Waals surface area contributed by atoms with Crippen molar-refractivity contribution in [1.29, 1.82) is 0 Å². The molecule has 2 amide bonds. The SMILES string of the molecule is COc1cc(Cl)c(C)cc1NC(=O)Nc1cnccn1. The Morgan fingerprint density at radius 2 is 2.10 bits per heavy atom. The number of hydrogen-bond acceptors (Lipinski definition) is 4. The van der Waals surface area contributed by atoms with Gasteiger partial charge in [0.25, 0.3) is 0 Å². The average Bonchev–Trinajstić information content (AvgIpc) is 2.43. The van der Waals surface area contributed by atoms with Crippen LogP contribution >= 0.6 is 11.6 Å². The second kappa shape index (κ2) is 6.21. The van der Waals surface area contributed by atoms with E-state index in [1.807, 2.05) is 6.92 Å². The molecular weight excluding hydrogens is 280 g/mol. The molecule has 6 nitrogen and oxygen atoms in total. The van der Waals surface area contributed by atoms with Gasteiger partial charge < -0.3 is 10.1 Å². The van der Waals surface area contributed by atoms with E-state index in [4.69, 9.17) is 16.3 Å². The fourth-order valence-electron chi connectivity index (χ4n) is 1.56. The maximum Gasteiger partial charge on any atom is 0.324 e. The van der Waals surface area contributed by atoms with Gasteiger partial charge in [-0.2, -0.15) is 0 Å². The lowest BCUT2D eigenvalue weighted by Gasteiger charge is -2.12. The predicted molar refractivity (Wildman–Crippen MR) is 77.4 cm³/mol. The van der Waals surface area contributed by atoms with Crippen molar-refractivity contribution in [1.82, 2.24) is 9.97 Å². The van der Waals surface area contributed by atoms with Gasteiger partial charge in [-0.15, -0.1) is 0 Å². The molecule has 0 aliphatic rings. The molecule has 0 saturated carbocycles. The van der Waals surface area contributed by atoms with Crippen LogP contribution in [0.4, 0.5) is 16.3 Å². The summed E-state index contributed by atoms with van der Waals surface area (Å²) in [4.78, 5) is 19.7. The Morgan fingerprint density at radius 3 is 2.75 bits per heavy atom. The Kier molecular flexibility index (Phi) is 4.37. The van der Waals surface area contributed by atoms with Gasteiger partial charge in [0.1, 0.15) is 5.75 Å². The fraction of sp³-hybridized carbons (Fsp3) is 0.154. The van der Waals surface area contributed by atoms with Gasteiger partial charge in [0.2, 0.25) is 0 Å². The monoisotopic (exact) mass is 292 g/mol. The molecule has 1 aromatic heterocycles. The lowest BCUT2D eigenvalue weighted by molar-refractivity contribution is 0.262. The molecule has 0 fully saturated rings. The van der Waals surface area contributed by atoms with Crippen molar-refractivity contribution in [2.24, 2.45) is 0 Å². The van der Waals surface area contributed by atoms with Gasteiger partial charge in [-0.3, -0.25) is 10.3 Å². The lowest BCUT2D eigenvalue weighted by Crippen LogP contribution is -2.20. The number of methoxy groups -OCH3 is 1. The summed E-state index contributed by atoms with van der Waals surface area (Å²) in [7, 11) is 1.51. The number of rotatable bonds is 3. The highest BCUT2D eigenvalue weighted by molar-refractivity contribution is 6.31. The number of aryl methyl sites for hydroxylation is 1. The Morgan fingerprint density at radius 1 is 1.30 bits per heavy atom. The van der Waals surface area contributed by atoms with Crippen LogP contribution in [0.2, 0.25) is 5.02 Å². The third-order valence-electron chi connectivity index (χ3n) is 2.53. The Labute approximate surface area is 121 Å². The molecule has 0 radical (unpaired) electrons. The number of carbonyl (C=O) groups is 1. The third-order valence-corrected chi connectivity index (χ3v) is 2.94. The molecular formula is C13H13ClN4O2. The molecule has 104 valence electrons. The van der Waals surface area contributed by atoms with Crippen molar-refractivity contribution in [2.45, 2.75) is 6.92 Å². The van der Waals surface area contributed by atoms with Gasteiger partial charge in [0.05, 0.1) is 19.0 Å². The molecule has 7 heteroatoms. The summed E-state index contributed by atoms with van der Waals surface area (Å²) in [6, 6.07) is 2.94. The van der Waals surface area contributed by atoms with Crippen LogP contribution in [0.5, 0.6) is 5.75 Å². The van der Waals surface area contributed by atoms with Crippen LogP contribution < -0.4 is 15.4 Å². The molecule has 0 aliphatic heterocycles. The lowest BCUT2D eigenvalue weighted by atomic mass is 10.2. The smallest absolute Gasteiger partial charge is 0.324 e. The van der Waals surface area contributed by atoms with Crippen LogP contribution in [-0.2, 0) is 0 Å². The van der Waals surface area contributed by atoms with E-state index in [0.29, 0.717) is 22.3 Å². The molecule has 0 bridgehead atoms. The molecule has 2 N–H and O–H groups in total. The van der Waals surface area contributed by atoms with Crippen LogP contribution in [-0.4, -0.2) is 23.1 Å². The summed E-state index contributed by atoms with van der Waals surface area (Å²) in [5.41, 5.74) is 1.36. The van der Waals surface area contributed by atoms with Crippen molar-refractivity contribution < 1.29 is 9.53 Å². The fourth-order valence-corrected chi connectivity index (χ4v) is 1.72. The highest BCUT2D eigenvalue weighted by Gasteiger charge is 2.10. The number of carbonyl (C=O) groups excluding carboxylic acids is 1. The summed E-state index contributed by atoms with van der Waals surface area (Å²) < 4.78 is 5.18. The Hall–Kier alpha value is -2.34. The van der Waals surface area contributed by atoms with E-state index in [1.54, 1.807) is 12.1 Å². The van der Waals surface area contributed by atoms with E-state index >= 15 is 0 Å². The largest absolute Gasteiger partial charge is 0.495 e. The van der Waals surface area contributed by atoms with Crippen molar-refractivity contribution >= 4 is 29.1 Å². The first-order valence-corrected chi connectivity index (χ1v) is 6.16. The maximum atomic E-state index is 11.9. The molecule has 0 atom stereocenters. The zero-order valence-electron chi connectivity index (χ0n) is 11.0. The van der Waals surface area contributed by atoms with Crippen LogP contribution in [0.15, 0.2) is 30.7 Å². The predicted octanol–water partition coefficient (Wildman–Crippen LogP) is 3.09. The molecule has 2 rings (SSSR count). The van der Waals surface area contributed by atoms with Gasteiger partial charge in [-0.05, 0) is 18.6 Å². The Bertz CT molecular complexity index is 619. The maximum absolute atomic E-state index is 11.9. The van der Waals surface area contributed by atoms with E-state index in [-0.39, 0.29) is 0 Å². The summed E-state index contributed by atoms with van der Waals surface area (Å²) >= 11 is 6.00. The van der Waals surface area contributed by atoms with Crippen LogP contribution in [0.3, 0.4) is 0 Å². The van der Waals surface area contributed by atoms with Gasteiger partial charge in [-0.25, -0.2) is 9.78 Å². The van der Waals surface area contributed by atoms with E-state index in [1.165, 1.54) is 25.7 Å². The van der Waals surface area contributed by atoms with Crippen molar-refractivity contribution in [3.05, 3.63) is 41.3 Å². The minimum atomic E-state index is -0.439. The van der Waals surface area contributed by atoms with Gasteiger partial charge >= 0.3 is 6.03 Å². The van der Waals surface area contributed by atoms with Crippen LogP contribution in [0.1, 0.15) is 5.56 Å². The topological polar surface area (TPSA) is 76.1 Å². The van der Waals surface area contributed by atoms with Crippen molar-refractivity contribution in [2.75, 3.05) is 17.7 Å². The molecule has 2 aromatic rings. The standard InChI is InChI=1S/C13H13ClN4O2/c1-8-5-10(11(20-2)6-9(8)14)17-13(19)18-12-7-15-3-4-16-12/h3-7H,1-2H3,(H2,16,17,18,19). The highest BCUT2D eigenvalue weighted by Crippen LogP contribution is 2.30. The summed E-state index contributed by atoms with van der Waals surface area (Å²) in [6.07, 6.45) is 4.46. The minimum Gasteiger partial charge on any atom is -0.495 e. The average molecular weight is 293 g/mol. The number of urea groups is 1. The van der Waals surface area contributed by atoms with Gasteiger partial charge in [-0.1, -0.05) is 11.6 Å². The van der Waals surface area contributed by atoms with Crippen LogP contribution in [0, 0.1) is 6.92 Å². The number of nitrogens with zero attached hydrogens (tertiary/aromatic N) is 2. The zero-order chi connectivity index (χ0) is 14.5. The van der Waals surface area contributed by atoms with E-state index in [0.717, 1.165) is 5.56 Å². The number of hydrogen-bond donors (Lipinski definition) is 2. The van der Waals surface area contributed by atoms with E-state index in [9.17, 15) is 4.79 Å². The second-order valence-corrected chi connectivity index (χ2v) is 4.38. The van der Waals surface area contributed by atoms with Gasteiger partial charge in [0.15, 0.2) is 5.82 Å². The Balaban J connectivity index is 2.13. The number of benzene rings is 1. The zero-order valence-corrected chi connectivity index (χ0v) is 11.7. The van der Waals surface area contributed by atoms with Crippen LogP contribution in [0.25, 0.3) is 0 Å². The first kappa shape index (κ1) is 14.1. The first-order chi connectivity index (χ1) is 9.60. The van der Waals surface area contributed by atoms with Crippen molar-refractivity contribution in [3.8, 4) is 5.75 Å². The second-order valence-electron chi connectivity index (χ2n) is 3.97. The number of aromatic nitrogens is 2. The summed E-state index contributed by atoms with van der Waals surface area (Å²) in [5.74, 6) is 0.838. The molecule has 20 heavy (non-hydrogen) atoms. The van der Waals surface area contributed by atoms with Gasteiger partial charge in [0, 0.05) is 23.5 Å². The number of anilines is 2. The number of amides is 2. The summed E-state index contributed by atoms with van der Waals surface area (Å²) in [6.45, 7) is 1.84. The quantitative estimate of drug-likeness (QED) is 0.911. The number of halogens is 1. The molecule has 0 aliphatic carbocycles. The van der Waals surface area contributed by atoms with E-state index < -0.39 is 6.03 Å². The summed E-state index contributed by atoms with van der Waals surface area (Å²) in [5, 5.41) is 5.81. The van der Waals surface area contributed by atoms with E-state index in [2.05, 4.69) is 20.6 Å². The molecule has 0 saturated heterocycles. The third kappa shape index (κ3) is 3.36. The minimum absolute atomic E-state index is 0.356. The highest BCUT2D eigenvalue weighted by atomic mass is 35.5. The van der Waals surface area contributed by atoms with Crippen molar-refractivity contribution in [3.63, 3.8) is 0 Å².